The molecule has 0 atom stereocenters. The van der Waals surface area contributed by atoms with E-state index in [1.165, 1.54) is 83.3 Å². The highest BCUT2D eigenvalue weighted by Gasteiger charge is 2.52. The van der Waals surface area contributed by atoms with Crippen molar-refractivity contribution in [1.29, 1.82) is 0 Å². The van der Waals surface area contributed by atoms with E-state index in [1.807, 2.05) is 12.3 Å². The van der Waals surface area contributed by atoms with E-state index >= 15 is 0 Å². The van der Waals surface area contributed by atoms with E-state index in [0.29, 0.717) is 0 Å². The number of hydrogen-bond donors (Lipinski definition) is 2. The molecule has 2 aliphatic carbocycles. The van der Waals surface area contributed by atoms with Gasteiger partial charge in [-0.1, -0.05) is 223 Å². The molecule has 12 aromatic rings. The summed E-state index contributed by atoms with van der Waals surface area (Å²) in [6, 6.07) is 82.7. The fraction of sp³-hybridized carbons (Fsp3) is 0.207. The highest BCUT2D eigenvalue weighted by atomic mass is 16.5. The summed E-state index contributed by atoms with van der Waals surface area (Å²) in [5, 5.41) is 10.2. The zero-order chi connectivity index (χ0) is 60.4. The predicted molar refractivity (Wildman–Crippen MR) is 367 cm³/mol. The number of anilines is 4. The largest absolute Gasteiger partial charge is 0.457 e. The predicted octanol–water partition coefficient (Wildman–Crippen LogP) is 22.3. The summed E-state index contributed by atoms with van der Waals surface area (Å²) in [6.07, 6.45) is 1.96. The topological polar surface area (TPSA) is 51.1 Å². The monoisotopic (exact) mass is 1130 g/mol. The molecule has 14 rings (SSSR count). The molecule has 2 aromatic heterocycles. The summed E-state index contributed by atoms with van der Waals surface area (Å²) in [6.45, 7) is 27.6. The smallest absolute Gasteiger partial charge is 0.137 e. The lowest BCUT2D eigenvalue weighted by Crippen LogP contribution is -2.25. The van der Waals surface area contributed by atoms with Gasteiger partial charge in [0.2, 0.25) is 0 Å². The molecule has 0 saturated carbocycles. The van der Waals surface area contributed by atoms with Crippen LogP contribution in [-0.2, 0) is 27.1 Å². The Balaban J connectivity index is 0.866. The van der Waals surface area contributed by atoms with Gasteiger partial charge in [0, 0.05) is 45.9 Å². The van der Waals surface area contributed by atoms with Gasteiger partial charge in [-0.05, 0) is 172 Å². The van der Waals surface area contributed by atoms with Crippen molar-refractivity contribution in [2.24, 2.45) is 0 Å². The van der Waals surface area contributed by atoms with Crippen LogP contribution in [0.15, 0.2) is 231 Å². The van der Waals surface area contributed by atoms with E-state index in [1.54, 1.807) is 0 Å². The molecule has 87 heavy (non-hydrogen) atoms. The molecule has 430 valence electrons. The fourth-order valence-corrected chi connectivity index (χ4v) is 13.6. The average Bonchev–Trinajstić information content (AvgIpc) is 1.51. The fourth-order valence-electron chi connectivity index (χ4n) is 13.6. The van der Waals surface area contributed by atoms with Crippen molar-refractivity contribution in [2.75, 3.05) is 10.6 Å². The number of hydrogen-bond acceptors (Lipinski definition) is 4. The Labute approximate surface area is 513 Å². The third-order valence-corrected chi connectivity index (χ3v) is 18.3. The standard InChI is InChI=1S/C82H76N4O/c1-78(2,3)53-39-40-83-76(46-53)86-74-48-59(37-38-63(74)67-49-66-62-31-18-21-34-70(62)82(71(66)50-75(67)86)68-32-19-16-29-60(68)61-30-17-20-33-69(61)82)87-58-28-24-27-57(47-58)84-72-35-22-23-36-73(72)85-77-64(51-25-14-13-15-26-51)44-56(81(10,11)12)45-65(77)52-41-54(79(4,5)6)43-55(42-52)80(7,8)9/h13-50,84-85H,1-12H3. The molecule has 0 radical (unpaired) electrons. The Bertz CT molecular complexity index is 4630. The average molecular weight is 1130 g/mol. The Morgan fingerprint density at radius 2 is 0.874 bits per heavy atom. The molecule has 10 aromatic carbocycles. The molecule has 0 amide bonds. The number of para-hydroxylation sites is 2. The van der Waals surface area contributed by atoms with Crippen LogP contribution in [0.3, 0.4) is 0 Å². The van der Waals surface area contributed by atoms with E-state index in [9.17, 15) is 0 Å². The minimum Gasteiger partial charge on any atom is -0.457 e. The third kappa shape index (κ3) is 9.51. The van der Waals surface area contributed by atoms with Gasteiger partial charge in [-0.25, -0.2) is 4.98 Å². The summed E-state index contributed by atoms with van der Waals surface area (Å²) in [4.78, 5) is 5.17. The van der Waals surface area contributed by atoms with Crippen molar-refractivity contribution in [3.8, 4) is 61.8 Å². The highest BCUT2D eigenvalue weighted by Crippen LogP contribution is 2.63. The van der Waals surface area contributed by atoms with Crippen molar-refractivity contribution in [3.05, 3.63) is 275 Å². The third-order valence-electron chi connectivity index (χ3n) is 18.3. The number of ether oxygens (including phenoxy) is 1. The number of pyridine rings is 1. The molecular formula is C82H76N4O. The summed E-state index contributed by atoms with van der Waals surface area (Å²) in [7, 11) is 0. The lowest BCUT2D eigenvalue weighted by Gasteiger charge is -2.30. The summed E-state index contributed by atoms with van der Waals surface area (Å²) in [5.74, 6) is 2.32. The molecule has 5 heteroatoms. The lowest BCUT2D eigenvalue weighted by molar-refractivity contribution is 0.483. The molecule has 0 fully saturated rings. The first kappa shape index (κ1) is 55.4. The summed E-state index contributed by atoms with van der Waals surface area (Å²) in [5.41, 5.74) is 25.4. The Morgan fingerprint density at radius 3 is 1.48 bits per heavy atom. The number of rotatable bonds is 9. The Hall–Kier alpha value is -9.45. The van der Waals surface area contributed by atoms with E-state index in [-0.39, 0.29) is 21.7 Å². The molecule has 2 aliphatic rings. The zero-order valence-corrected chi connectivity index (χ0v) is 52.2. The SMILES string of the molecule is CC(C)(C)c1cc(-c2cc(C(C)(C)C)cc(-c3ccccc3)c2Nc2ccccc2Nc2cccc(Oc3ccc4c5cc6c(cc5n(-c5cc(C(C)(C)C)ccn5)c4c3)C3(c4ccccc4-c4ccccc43)c3ccccc3-6)c2)cc(C(C)(C)C)c1. The van der Waals surface area contributed by atoms with Crippen LogP contribution in [0.1, 0.15) is 128 Å². The number of fused-ring (bicyclic) bond motifs is 13. The maximum atomic E-state index is 6.98. The molecule has 2 heterocycles. The number of aromatic nitrogens is 2. The van der Waals surface area contributed by atoms with Gasteiger partial charge in [-0.3, -0.25) is 4.57 Å². The van der Waals surface area contributed by atoms with E-state index in [4.69, 9.17) is 9.72 Å². The van der Waals surface area contributed by atoms with Crippen molar-refractivity contribution in [2.45, 2.75) is 110 Å². The van der Waals surface area contributed by atoms with Gasteiger partial charge in [-0.15, -0.1) is 0 Å². The van der Waals surface area contributed by atoms with Gasteiger partial charge in [0.15, 0.2) is 0 Å². The van der Waals surface area contributed by atoms with E-state index < -0.39 is 5.41 Å². The first-order valence-electron chi connectivity index (χ1n) is 30.8. The van der Waals surface area contributed by atoms with E-state index in [2.05, 4.69) is 317 Å². The van der Waals surface area contributed by atoms with Crippen LogP contribution in [0.4, 0.5) is 22.7 Å². The summed E-state index contributed by atoms with van der Waals surface area (Å²) >= 11 is 0. The first-order chi connectivity index (χ1) is 41.6. The molecule has 0 saturated heterocycles. The number of benzene rings is 10. The van der Waals surface area contributed by atoms with Crippen LogP contribution in [0.25, 0.3) is 72.1 Å². The van der Waals surface area contributed by atoms with Crippen LogP contribution >= 0.6 is 0 Å². The number of nitrogens with zero attached hydrogens (tertiary/aromatic N) is 2. The summed E-state index contributed by atoms with van der Waals surface area (Å²) < 4.78 is 9.35. The van der Waals surface area contributed by atoms with Crippen LogP contribution in [0.5, 0.6) is 11.5 Å². The molecular weight excluding hydrogens is 1060 g/mol. The van der Waals surface area contributed by atoms with Crippen LogP contribution in [-0.4, -0.2) is 9.55 Å². The molecule has 5 nitrogen and oxygen atoms in total. The van der Waals surface area contributed by atoms with Gasteiger partial charge in [0.25, 0.3) is 0 Å². The molecule has 1 spiro atoms. The molecule has 0 bridgehead atoms. The molecule has 0 aliphatic heterocycles. The quantitative estimate of drug-likeness (QED) is 0.151. The zero-order valence-electron chi connectivity index (χ0n) is 52.2. The Kier molecular flexibility index (Phi) is 13.0. The molecule has 0 unspecified atom stereocenters. The maximum Gasteiger partial charge on any atom is 0.137 e. The highest BCUT2D eigenvalue weighted by molar-refractivity contribution is 6.13. The minimum absolute atomic E-state index is 0.0546. The van der Waals surface area contributed by atoms with Crippen molar-refractivity contribution >= 4 is 44.6 Å². The van der Waals surface area contributed by atoms with Gasteiger partial charge >= 0.3 is 0 Å². The minimum atomic E-state index is -0.486. The van der Waals surface area contributed by atoms with E-state index in [0.717, 1.165) is 67.6 Å². The van der Waals surface area contributed by atoms with Crippen molar-refractivity contribution in [3.63, 3.8) is 0 Å². The second-order valence-electron chi connectivity index (χ2n) is 28.3. The van der Waals surface area contributed by atoms with Crippen molar-refractivity contribution in [1.82, 2.24) is 9.55 Å². The van der Waals surface area contributed by atoms with Gasteiger partial charge < -0.3 is 15.4 Å². The van der Waals surface area contributed by atoms with Gasteiger partial charge in [-0.2, -0.15) is 0 Å². The van der Waals surface area contributed by atoms with Crippen LogP contribution in [0, 0.1) is 0 Å². The van der Waals surface area contributed by atoms with Crippen LogP contribution < -0.4 is 15.4 Å². The Morgan fingerprint density at radius 1 is 0.356 bits per heavy atom. The lowest BCUT2D eigenvalue weighted by atomic mass is 9.70. The first-order valence-corrected chi connectivity index (χ1v) is 30.8. The number of nitrogens with one attached hydrogen (secondary N) is 2. The maximum absolute atomic E-state index is 6.98. The second kappa shape index (κ2) is 20.3. The normalized spacial score (nSPS) is 13.4. The van der Waals surface area contributed by atoms with Gasteiger partial charge in [0.05, 0.1) is 33.5 Å². The second-order valence-corrected chi connectivity index (χ2v) is 28.3. The van der Waals surface area contributed by atoms with Gasteiger partial charge in [0.1, 0.15) is 17.3 Å². The van der Waals surface area contributed by atoms with Crippen molar-refractivity contribution < 1.29 is 4.74 Å². The van der Waals surface area contributed by atoms with Crippen LogP contribution in [0.2, 0.25) is 0 Å². The molecule has 2 N–H and O–H groups in total.